The van der Waals surface area contributed by atoms with Gasteiger partial charge in [0.2, 0.25) is 10.0 Å². The SMILES string of the molecule is CC(C)c1cnn2c(Nc3ccc(S(=O)(=O)N(C)C)cc3)cc(C(=O)NCCN3CCOCC3)nc12. The van der Waals surface area contributed by atoms with E-state index in [0.29, 0.717) is 36.9 Å². The number of nitrogens with zero attached hydrogens (tertiary/aromatic N) is 5. The van der Waals surface area contributed by atoms with Crippen molar-refractivity contribution in [1.82, 2.24) is 29.1 Å². The Balaban J connectivity index is 1.58. The molecule has 1 aromatic carbocycles. The van der Waals surface area contributed by atoms with Crippen molar-refractivity contribution in [3.63, 3.8) is 0 Å². The van der Waals surface area contributed by atoms with E-state index >= 15 is 0 Å². The number of hydrogen-bond acceptors (Lipinski definition) is 8. The highest BCUT2D eigenvalue weighted by Crippen LogP contribution is 2.25. The highest BCUT2D eigenvalue weighted by atomic mass is 32.2. The Morgan fingerprint density at radius 3 is 2.50 bits per heavy atom. The van der Waals surface area contributed by atoms with Crippen molar-refractivity contribution in [3.8, 4) is 0 Å². The fraction of sp³-hybridized carbons (Fsp3) is 0.458. The molecule has 11 nitrogen and oxygen atoms in total. The molecule has 3 heterocycles. The van der Waals surface area contributed by atoms with Gasteiger partial charge in [-0.15, -0.1) is 0 Å². The molecule has 1 aliphatic heterocycles. The van der Waals surface area contributed by atoms with Gasteiger partial charge in [-0.25, -0.2) is 17.7 Å². The largest absolute Gasteiger partial charge is 0.379 e. The summed E-state index contributed by atoms with van der Waals surface area (Å²) in [5.74, 6) is 0.448. The van der Waals surface area contributed by atoms with Gasteiger partial charge >= 0.3 is 0 Å². The average Bonchev–Trinajstić information content (AvgIpc) is 3.30. The van der Waals surface area contributed by atoms with Gasteiger partial charge in [0.15, 0.2) is 5.65 Å². The molecule has 0 atom stereocenters. The van der Waals surface area contributed by atoms with Gasteiger partial charge in [-0.2, -0.15) is 9.61 Å². The van der Waals surface area contributed by atoms with E-state index in [2.05, 4.69) is 25.6 Å². The first kappa shape index (κ1) is 26.0. The third-order valence-corrected chi connectivity index (χ3v) is 7.91. The van der Waals surface area contributed by atoms with E-state index in [0.717, 1.165) is 25.2 Å². The number of fused-ring (bicyclic) bond motifs is 1. The number of ether oxygens (including phenoxy) is 1. The van der Waals surface area contributed by atoms with E-state index in [1.54, 1.807) is 28.9 Å². The van der Waals surface area contributed by atoms with Gasteiger partial charge in [0, 0.05) is 57.6 Å². The summed E-state index contributed by atoms with van der Waals surface area (Å²) in [6.07, 6.45) is 1.76. The van der Waals surface area contributed by atoms with Gasteiger partial charge in [0.25, 0.3) is 5.91 Å². The molecule has 1 fully saturated rings. The first-order chi connectivity index (χ1) is 17.2. The number of carbonyl (C=O) groups excluding carboxylic acids is 1. The van der Waals surface area contributed by atoms with Crippen molar-refractivity contribution in [1.29, 1.82) is 0 Å². The minimum Gasteiger partial charge on any atom is -0.379 e. The average molecular weight is 516 g/mol. The van der Waals surface area contributed by atoms with Crippen molar-refractivity contribution in [2.75, 3.05) is 58.8 Å². The molecule has 194 valence electrons. The Hall–Kier alpha value is -3.06. The van der Waals surface area contributed by atoms with Crippen LogP contribution >= 0.6 is 0 Å². The van der Waals surface area contributed by atoms with Crippen LogP contribution < -0.4 is 10.6 Å². The molecule has 1 aliphatic rings. The van der Waals surface area contributed by atoms with E-state index in [-0.39, 0.29) is 22.4 Å². The van der Waals surface area contributed by atoms with Gasteiger partial charge in [-0.1, -0.05) is 13.8 Å². The molecule has 0 saturated carbocycles. The standard InChI is InChI=1S/C24H33N7O4S/c1-17(2)20-16-26-31-22(27-18-5-7-19(8-6-18)36(33,34)29(3)4)15-21(28-23(20)31)24(32)25-9-10-30-11-13-35-14-12-30/h5-8,15-17,27H,9-14H2,1-4H3,(H,25,32). The fourth-order valence-electron chi connectivity index (χ4n) is 3.90. The lowest BCUT2D eigenvalue weighted by molar-refractivity contribution is 0.0383. The summed E-state index contributed by atoms with van der Waals surface area (Å²) in [7, 11) is -0.542. The number of amides is 1. The predicted octanol–water partition coefficient (Wildman–Crippen LogP) is 1.91. The summed E-state index contributed by atoms with van der Waals surface area (Å²) < 4.78 is 33.0. The number of benzene rings is 1. The molecule has 3 aromatic rings. The molecule has 12 heteroatoms. The van der Waals surface area contributed by atoms with Gasteiger partial charge in [-0.05, 0) is 30.2 Å². The molecule has 0 aliphatic carbocycles. The Kier molecular flexibility index (Phi) is 7.88. The van der Waals surface area contributed by atoms with Crippen LogP contribution in [0.25, 0.3) is 5.65 Å². The van der Waals surface area contributed by atoms with Crippen LogP contribution in [0.15, 0.2) is 41.4 Å². The van der Waals surface area contributed by atoms with Crippen LogP contribution in [0.4, 0.5) is 11.5 Å². The Morgan fingerprint density at radius 2 is 1.86 bits per heavy atom. The third-order valence-electron chi connectivity index (χ3n) is 6.08. The Labute approximate surface area is 211 Å². The summed E-state index contributed by atoms with van der Waals surface area (Å²) in [5.41, 5.74) is 2.45. The van der Waals surface area contributed by atoms with Crippen LogP contribution in [-0.4, -0.2) is 91.6 Å². The third kappa shape index (κ3) is 5.67. The van der Waals surface area contributed by atoms with E-state index < -0.39 is 10.0 Å². The number of nitrogens with one attached hydrogen (secondary N) is 2. The molecule has 0 unspecified atom stereocenters. The maximum absolute atomic E-state index is 13.0. The molecule has 0 spiro atoms. The number of hydrogen-bond donors (Lipinski definition) is 2. The van der Waals surface area contributed by atoms with Gasteiger partial charge in [0.05, 0.1) is 24.3 Å². The first-order valence-electron chi connectivity index (χ1n) is 11.9. The molecule has 36 heavy (non-hydrogen) atoms. The number of anilines is 2. The zero-order valence-corrected chi connectivity index (χ0v) is 21.9. The van der Waals surface area contributed by atoms with Crippen LogP contribution in [0.3, 0.4) is 0 Å². The van der Waals surface area contributed by atoms with Gasteiger partial charge in [0.1, 0.15) is 11.5 Å². The molecular formula is C24H33N7O4S. The molecule has 1 saturated heterocycles. The van der Waals surface area contributed by atoms with E-state index in [9.17, 15) is 13.2 Å². The molecule has 1 amide bonds. The number of carbonyl (C=O) groups is 1. The second-order valence-corrected chi connectivity index (χ2v) is 11.3. The zero-order valence-electron chi connectivity index (χ0n) is 21.1. The molecule has 2 N–H and O–H groups in total. The normalized spacial score (nSPS) is 15.1. The summed E-state index contributed by atoms with van der Waals surface area (Å²) in [6, 6.07) is 8.09. The van der Waals surface area contributed by atoms with Crippen LogP contribution in [0.5, 0.6) is 0 Å². The van der Waals surface area contributed by atoms with Gasteiger partial charge < -0.3 is 15.4 Å². The molecule has 4 rings (SSSR count). The first-order valence-corrected chi connectivity index (χ1v) is 13.4. The predicted molar refractivity (Wildman–Crippen MR) is 137 cm³/mol. The monoisotopic (exact) mass is 515 g/mol. The van der Waals surface area contributed by atoms with Crippen molar-refractivity contribution in [3.05, 3.63) is 47.8 Å². The minimum atomic E-state index is -3.53. The maximum atomic E-state index is 13.0. The Morgan fingerprint density at radius 1 is 1.17 bits per heavy atom. The molecule has 2 aromatic heterocycles. The maximum Gasteiger partial charge on any atom is 0.270 e. The van der Waals surface area contributed by atoms with Crippen LogP contribution in [0, 0.1) is 0 Å². The van der Waals surface area contributed by atoms with Crippen LogP contribution in [-0.2, 0) is 14.8 Å². The fourth-order valence-corrected chi connectivity index (χ4v) is 4.81. The van der Waals surface area contributed by atoms with E-state index in [1.807, 2.05) is 13.8 Å². The number of aromatic nitrogens is 3. The topological polar surface area (TPSA) is 121 Å². The van der Waals surface area contributed by atoms with Crippen molar-refractivity contribution >= 4 is 33.1 Å². The lowest BCUT2D eigenvalue weighted by Gasteiger charge is -2.26. The molecular weight excluding hydrogens is 482 g/mol. The zero-order chi connectivity index (χ0) is 25.9. The lowest BCUT2D eigenvalue weighted by atomic mass is 10.1. The number of rotatable bonds is 9. The van der Waals surface area contributed by atoms with Crippen LogP contribution in [0.1, 0.15) is 35.8 Å². The number of sulfonamides is 1. The second kappa shape index (κ2) is 10.9. The van der Waals surface area contributed by atoms with E-state index in [1.165, 1.54) is 30.5 Å². The van der Waals surface area contributed by atoms with Gasteiger partial charge in [-0.3, -0.25) is 9.69 Å². The second-order valence-electron chi connectivity index (χ2n) is 9.16. The van der Waals surface area contributed by atoms with Crippen molar-refractivity contribution < 1.29 is 17.9 Å². The summed E-state index contributed by atoms with van der Waals surface area (Å²) in [5, 5.41) is 10.7. The highest BCUT2D eigenvalue weighted by Gasteiger charge is 2.19. The molecule has 0 radical (unpaired) electrons. The van der Waals surface area contributed by atoms with Crippen LogP contribution in [0.2, 0.25) is 0 Å². The smallest absolute Gasteiger partial charge is 0.270 e. The van der Waals surface area contributed by atoms with Crippen molar-refractivity contribution in [2.45, 2.75) is 24.7 Å². The highest BCUT2D eigenvalue weighted by molar-refractivity contribution is 7.89. The van der Waals surface area contributed by atoms with Crippen molar-refractivity contribution in [2.24, 2.45) is 0 Å². The summed E-state index contributed by atoms with van der Waals surface area (Å²) in [6.45, 7) is 8.48. The quantitative estimate of drug-likeness (QED) is 0.443. The number of morpholine rings is 1. The summed E-state index contributed by atoms with van der Waals surface area (Å²) >= 11 is 0. The minimum absolute atomic E-state index is 0.165. The summed E-state index contributed by atoms with van der Waals surface area (Å²) in [4.78, 5) is 20.1. The lowest BCUT2D eigenvalue weighted by Crippen LogP contribution is -2.41. The molecule has 0 bridgehead atoms. The van der Waals surface area contributed by atoms with E-state index in [4.69, 9.17) is 4.74 Å². The Bertz CT molecular complexity index is 1310.